The number of hydrogen-bond donors (Lipinski definition) is 2. The van der Waals surface area contributed by atoms with E-state index in [1.165, 1.54) is 24.3 Å². The van der Waals surface area contributed by atoms with Crippen molar-refractivity contribution in [3.63, 3.8) is 0 Å². The van der Waals surface area contributed by atoms with E-state index in [4.69, 9.17) is 10.2 Å². The van der Waals surface area contributed by atoms with Crippen molar-refractivity contribution in [3.8, 4) is 0 Å². The molecule has 0 aliphatic heterocycles. The Morgan fingerprint density at radius 1 is 1.00 bits per heavy atom. The van der Waals surface area contributed by atoms with Crippen molar-refractivity contribution in [2.45, 2.75) is 0 Å². The largest absolute Gasteiger partial charge is 1.00 e. The summed E-state index contributed by atoms with van der Waals surface area (Å²) in [5, 5.41) is 17.1. The molecule has 0 aliphatic rings. The number of benzene rings is 1. The summed E-state index contributed by atoms with van der Waals surface area (Å²) >= 11 is 0. The monoisotopic (exact) mass is 206 g/mol. The minimum absolute atomic E-state index is 0. The summed E-state index contributed by atoms with van der Waals surface area (Å²) in [5.41, 5.74) is -0.380. The fraction of sp³-hybridized carbons (Fsp3) is 0. The second-order valence-electron chi connectivity index (χ2n) is 2.16. The van der Waals surface area contributed by atoms with E-state index in [1.807, 2.05) is 0 Å². The SMILES string of the molecule is O=C(O)c1ccccc1C(=O)O.[H-].[K+]. The summed E-state index contributed by atoms with van der Waals surface area (Å²) in [6, 6.07) is 5.48. The molecule has 4 nitrogen and oxygen atoms in total. The van der Waals surface area contributed by atoms with Crippen molar-refractivity contribution in [2.24, 2.45) is 0 Å². The summed E-state index contributed by atoms with van der Waals surface area (Å²) in [4.78, 5) is 20.9. The van der Waals surface area contributed by atoms with Gasteiger partial charge in [0, 0.05) is 0 Å². The third-order valence-corrected chi connectivity index (χ3v) is 1.39. The van der Waals surface area contributed by atoms with Crippen molar-refractivity contribution in [3.05, 3.63) is 35.4 Å². The third-order valence-electron chi connectivity index (χ3n) is 1.39. The number of hydrogen-bond acceptors (Lipinski definition) is 2. The normalized spacial score (nSPS) is 8.62. The summed E-state index contributed by atoms with van der Waals surface area (Å²) in [7, 11) is 0. The molecule has 1 aromatic carbocycles. The van der Waals surface area contributed by atoms with Crippen molar-refractivity contribution in [2.75, 3.05) is 0 Å². The van der Waals surface area contributed by atoms with E-state index in [9.17, 15) is 9.59 Å². The van der Waals surface area contributed by atoms with Gasteiger partial charge in [0.1, 0.15) is 0 Å². The van der Waals surface area contributed by atoms with Crippen LogP contribution in [0.1, 0.15) is 22.1 Å². The standard InChI is InChI=1S/C8H6O4.K.H/c9-7(10)5-3-1-2-4-6(5)8(11)12;;/h1-4H,(H,9,10)(H,11,12);;/q;+1;-1. The second kappa shape index (κ2) is 5.51. The van der Waals surface area contributed by atoms with Gasteiger partial charge in [0.05, 0.1) is 11.1 Å². The Kier molecular flexibility index (Phi) is 5.42. The first-order chi connectivity index (χ1) is 5.63. The van der Waals surface area contributed by atoms with Crippen LogP contribution >= 0.6 is 0 Å². The van der Waals surface area contributed by atoms with E-state index < -0.39 is 11.9 Å². The van der Waals surface area contributed by atoms with Crippen LogP contribution in [0.15, 0.2) is 24.3 Å². The van der Waals surface area contributed by atoms with E-state index in [0.29, 0.717) is 0 Å². The van der Waals surface area contributed by atoms with Gasteiger partial charge in [0.15, 0.2) is 0 Å². The third kappa shape index (κ3) is 3.20. The molecular weight excluding hydrogens is 199 g/mol. The molecule has 0 atom stereocenters. The van der Waals surface area contributed by atoms with Crippen LogP contribution in [0.4, 0.5) is 0 Å². The molecule has 0 heterocycles. The molecule has 0 amide bonds. The average molecular weight is 206 g/mol. The Balaban J connectivity index is 0. The van der Waals surface area contributed by atoms with Crippen LogP contribution < -0.4 is 51.4 Å². The van der Waals surface area contributed by atoms with E-state index >= 15 is 0 Å². The molecule has 5 heteroatoms. The molecule has 2 N–H and O–H groups in total. The predicted octanol–water partition coefficient (Wildman–Crippen LogP) is -1.80. The molecule has 0 radical (unpaired) electrons. The van der Waals surface area contributed by atoms with Crippen molar-refractivity contribution in [1.82, 2.24) is 0 Å². The Hall–Kier alpha value is -0.204. The zero-order chi connectivity index (χ0) is 9.14. The van der Waals surface area contributed by atoms with Gasteiger partial charge in [-0.3, -0.25) is 0 Å². The number of carboxylic acid groups (broad SMARTS) is 2. The maximum Gasteiger partial charge on any atom is 1.00 e. The van der Waals surface area contributed by atoms with Gasteiger partial charge >= 0.3 is 63.3 Å². The Morgan fingerprint density at radius 3 is 1.54 bits per heavy atom. The van der Waals surface area contributed by atoms with Crippen LogP contribution in [0.3, 0.4) is 0 Å². The molecular formula is C8H7KO4. The van der Waals surface area contributed by atoms with Crippen molar-refractivity contribution in [1.29, 1.82) is 0 Å². The maximum atomic E-state index is 10.5. The van der Waals surface area contributed by atoms with Gasteiger partial charge in [-0.25, -0.2) is 9.59 Å². The van der Waals surface area contributed by atoms with Crippen molar-refractivity contribution >= 4 is 11.9 Å². The van der Waals surface area contributed by atoms with Gasteiger partial charge in [-0.2, -0.15) is 0 Å². The molecule has 0 fully saturated rings. The number of rotatable bonds is 2. The molecule has 0 aromatic heterocycles. The van der Waals surface area contributed by atoms with Crippen LogP contribution in [-0.4, -0.2) is 22.2 Å². The van der Waals surface area contributed by atoms with Crippen LogP contribution in [0.25, 0.3) is 0 Å². The number of aromatic carboxylic acids is 2. The summed E-state index contributed by atoms with van der Waals surface area (Å²) in [6.45, 7) is 0. The van der Waals surface area contributed by atoms with E-state index in [2.05, 4.69) is 0 Å². The Labute approximate surface area is 118 Å². The molecule has 1 aromatic rings. The zero-order valence-electron chi connectivity index (χ0n) is 8.02. The smallest absolute Gasteiger partial charge is 1.00 e. The molecule has 13 heavy (non-hydrogen) atoms. The van der Waals surface area contributed by atoms with Crippen LogP contribution in [-0.2, 0) is 0 Å². The van der Waals surface area contributed by atoms with Gasteiger partial charge < -0.3 is 11.6 Å². The minimum atomic E-state index is -1.23. The van der Waals surface area contributed by atoms with E-state index in [0.717, 1.165) is 0 Å². The minimum Gasteiger partial charge on any atom is -1.00 e. The van der Waals surface area contributed by atoms with Gasteiger partial charge in [-0.05, 0) is 12.1 Å². The van der Waals surface area contributed by atoms with E-state index in [1.54, 1.807) is 0 Å². The fourth-order valence-electron chi connectivity index (χ4n) is 0.856. The first kappa shape index (κ1) is 12.8. The Morgan fingerprint density at radius 2 is 1.31 bits per heavy atom. The summed E-state index contributed by atoms with van der Waals surface area (Å²) in [5.74, 6) is -2.46. The first-order valence-electron chi connectivity index (χ1n) is 3.18. The first-order valence-corrected chi connectivity index (χ1v) is 3.18. The molecule has 0 bridgehead atoms. The van der Waals surface area contributed by atoms with Crippen molar-refractivity contribution < 1.29 is 72.6 Å². The van der Waals surface area contributed by atoms with Crippen LogP contribution in [0.5, 0.6) is 0 Å². The molecule has 0 saturated heterocycles. The predicted molar refractivity (Wildman–Crippen MR) is 41.5 cm³/mol. The maximum absolute atomic E-state index is 10.5. The molecule has 1 rings (SSSR count). The van der Waals surface area contributed by atoms with Gasteiger partial charge in [0.25, 0.3) is 0 Å². The van der Waals surface area contributed by atoms with E-state index in [-0.39, 0.29) is 63.9 Å². The van der Waals surface area contributed by atoms with Gasteiger partial charge in [-0.1, -0.05) is 12.1 Å². The molecule has 0 unspecified atom stereocenters. The average Bonchev–Trinajstić information content (AvgIpc) is 2.04. The molecule has 64 valence electrons. The second-order valence-corrected chi connectivity index (χ2v) is 2.16. The molecule has 0 saturated carbocycles. The summed E-state index contributed by atoms with van der Waals surface area (Å²) in [6.07, 6.45) is 0. The zero-order valence-corrected chi connectivity index (χ0v) is 10.1. The molecule has 0 spiro atoms. The quantitative estimate of drug-likeness (QED) is 0.560. The van der Waals surface area contributed by atoms with Gasteiger partial charge in [0.2, 0.25) is 0 Å². The number of carbonyl (C=O) groups is 2. The van der Waals surface area contributed by atoms with Gasteiger partial charge in [-0.15, -0.1) is 0 Å². The summed E-state index contributed by atoms with van der Waals surface area (Å²) < 4.78 is 0. The fourth-order valence-corrected chi connectivity index (χ4v) is 0.856. The number of carboxylic acids is 2. The molecule has 0 aliphatic carbocycles. The van der Waals surface area contributed by atoms with Crippen LogP contribution in [0.2, 0.25) is 0 Å². The van der Waals surface area contributed by atoms with Crippen LogP contribution in [0, 0.1) is 0 Å². The Bertz CT molecular complexity index is 307. The topological polar surface area (TPSA) is 74.6 Å².